The highest BCUT2D eigenvalue weighted by molar-refractivity contribution is 5.88. The lowest BCUT2D eigenvalue weighted by atomic mass is 9.94. The molecule has 26 heavy (non-hydrogen) atoms. The normalized spacial score (nSPS) is 10.8. The topological polar surface area (TPSA) is 55.1 Å². The summed E-state index contributed by atoms with van der Waals surface area (Å²) in [5.41, 5.74) is 8.97. The standard InChI is InChI=1S/C23H40N2O/c1-3-5-7-9-11-13-16-20-17-15-19-22(25-23(24)26)21(20)18-14-12-10-8-6-4-2/h15,17,19H,3-14,16,18H2,1-2H3,(H3,24,25,26). The van der Waals surface area contributed by atoms with Crippen molar-refractivity contribution in [3.63, 3.8) is 0 Å². The van der Waals surface area contributed by atoms with Crippen molar-refractivity contribution < 1.29 is 4.79 Å². The van der Waals surface area contributed by atoms with Crippen LogP contribution in [0.1, 0.15) is 102 Å². The van der Waals surface area contributed by atoms with E-state index in [4.69, 9.17) is 5.73 Å². The zero-order valence-corrected chi connectivity index (χ0v) is 17.1. The molecule has 0 spiro atoms. The van der Waals surface area contributed by atoms with Crippen molar-refractivity contribution in [2.24, 2.45) is 5.73 Å². The number of hydrogen-bond donors (Lipinski definition) is 2. The second kappa shape index (κ2) is 14.6. The summed E-state index contributed by atoms with van der Waals surface area (Å²) in [4.78, 5) is 11.4. The van der Waals surface area contributed by atoms with Gasteiger partial charge in [-0.05, 0) is 42.9 Å². The number of primary amides is 1. The second-order valence-electron chi connectivity index (χ2n) is 7.47. The van der Waals surface area contributed by atoms with E-state index in [9.17, 15) is 4.79 Å². The zero-order valence-electron chi connectivity index (χ0n) is 17.1. The van der Waals surface area contributed by atoms with Crippen LogP contribution < -0.4 is 11.1 Å². The Kier molecular flexibility index (Phi) is 12.7. The monoisotopic (exact) mass is 360 g/mol. The number of nitrogens with two attached hydrogens (primary N) is 1. The van der Waals surface area contributed by atoms with Gasteiger partial charge >= 0.3 is 6.03 Å². The van der Waals surface area contributed by atoms with Gasteiger partial charge in [0.2, 0.25) is 0 Å². The fraction of sp³-hybridized carbons (Fsp3) is 0.696. The Labute approximate surface area is 161 Å². The number of unbranched alkanes of at least 4 members (excludes halogenated alkanes) is 10. The minimum Gasteiger partial charge on any atom is -0.351 e. The van der Waals surface area contributed by atoms with E-state index < -0.39 is 6.03 Å². The molecule has 3 heteroatoms. The molecule has 3 nitrogen and oxygen atoms in total. The summed E-state index contributed by atoms with van der Waals surface area (Å²) in [6, 6.07) is 5.79. The van der Waals surface area contributed by atoms with Gasteiger partial charge < -0.3 is 11.1 Å². The number of carbonyl (C=O) groups excluding carboxylic acids is 1. The number of rotatable bonds is 15. The number of hydrogen-bond acceptors (Lipinski definition) is 1. The Morgan fingerprint density at radius 3 is 1.92 bits per heavy atom. The molecular weight excluding hydrogens is 320 g/mol. The van der Waals surface area contributed by atoms with Crippen molar-refractivity contribution in [2.45, 2.75) is 104 Å². The van der Waals surface area contributed by atoms with Gasteiger partial charge in [-0.15, -0.1) is 0 Å². The molecule has 0 aliphatic carbocycles. The van der Waals surface area contributed by atoms with Crippen molar-refractivity contribution >= 4 is 11.7 Å². The third kappa shape index (κ3) is 9.84. The van der Waals surface area contributed by atoms with Crippen molar-refractivity contribution in [1.82, 2.24) is 0 Å². The highest BCUT2D eigenvalue weighted by Crippen LogP contribution is 2.25. The van der Waals surface area contributed by atoms with Crippen LogP contribution in [0.25, 0.3) is 0 Å². The second-order valence-corrected chi connectivity index (χ2v) is 7.47. The Balaban J connectivity index is 2.58. The van der Waals surface area contributed by atoms with Crippen molar-refractivity contribution in [3.8, 4) is 0 Å². The van der Waals surface area contributed by atoms with Gasteiger partial charge in [0, 0.05) is 5.69 Å². The lowest BCUT2D eigenvalue weighted by Gasteiger charge is -2.15. The SMILES string of the molecule is CCCCCCCCc1cccc(NC(N)=O)c1CCCCCCCC. The molecule has 148 valence electrons. The van der Waals surface area contributed by atoms with E-state index in [1.807, 2.05) is 12.1 Å². The third-order valence-corrected chi connectivity index (χ3v) is 5.11. The number of nitrogens with one attached hydrogen (secondary N) is 1. The summed E-state index contributed by atoms with van der Waals surface area (Å²) in [5, 5.41) is 2.83. The van der Waals surface area contributed by atoms with Gasteiger partial charge in [-0.3, -0.25) is 0 Å². The maximum atomic E-state index is 11.4. The summed E-state index contributed by atoms with van der Waals surface area (Å²) >= 11 is 0. The number of amides is 2. The molecule has 0 saturated heterocycles. The van der Waals surface area contributed by atoms with E-state index in [2.05, 4.69) is 25.2 Å². The highest BCUT2D eigenvalue weighted by atomic mass is 16.2. The van der Waals surface area contributed by atoms with Gasteiger partial charge in [0.1, 0.15) is 0 Å². The first kappa shape index (κ1) is 22.5. The number of carbonyl (C=O) groups is 1. The molecule has 3 N–H and O–H groups in total. The van der Waals surface area contributed by atoms with E-state index in [0.717, 1.165) is 18.5 Å². The molecule has 0 saturated carbocycles. The number of anilines is 1. The van der Waals surface area contributed by atoms with E-state index in [1.165, 1.54) is 88.2 Å². The molecular formula is C23H40N2O. The predicted molar refractivity (Wildman–Crippen MR) is 114 cm³/mol. The maximum absolute atomic E-state index is 11.4. The zero-order chi connectivity index (χ0) is 19.0. The van der Waals surface area contributed by atoms with Crippen LogP contribution in [-0.4, -0.2) is 6.03 Å². The van der Waals surface area contributed by atoms with Gasteiger partial charge in [0.05, 0.1) is 0 Å². The summed E-state index contributed by atoms with van der Waals surface area (Å²) in [7, 11) is 0. The number of urea groups is 1. The molecule has 0 aliphatic heterocycles. The summed E-state index contributed by atoms with van der Waals surface area (Å²) in [6.45, 7) is 4.51. The lowest BCUT2D eigenvalue weighted by Crippen LogP contribution is -2.20. The molecule has 0 fully saturated rings. The molecule has 1 aromatic carbocycles. The van der Waals surface area contributed by atoms with Crippen molar-refractivity contribution in [2.75, 3.05) is 5.32 Å². The molecule has 0 heterocycles. The molecule has 0 bridgehead atoms. The van der Waals surface area contributed by atoms with Crippen LogP contribution in [0, 0.1) is 0 Å². The minimum absolute atomic E-state index is 0.467. The van der Waals surface area contributed by atoms with Crippen molar-refractivity contribution in [1.29, 1.82) is 0 Å². The Morgan fingerprint density at radius 1 is 0.808 bits per heavy atom. The fourth-order valence-corrected chi connectivity index (χ4v) is 3.59. The Morgan fingerprint density at radius 2 is 1.35 bits per heavy atom. The number of aryl methyl sites for hydroxylation is 1. The largest absolute Gasteiger partial charge is 0.351 e. The van der Waals surface area contributed by atoms with Crippen LogP contribution in [0.4, 0.5) is 10.5 Å². The average molecular weight is 361 g/mol. The van der Waals surface area contributed by atoms with Crippen LogP contribution in [0.5, 0.6) is 0 Å². The van der Waals surface area contributed by atoms with Crippen LogP contribution in [-0.2, 0) is 12.8 Å². The number of benzene rings is 1. The first-order chi connectivity index (χ1) is 12.7. The first-order valence-electron chi connectivity index (χ1n) is 10.9. The van der Waals surface area contributed by atoms with Gasteiger partial charge in [-0.25, -0.2) is 4.79 Å². The van der Waals surface area contributed by atoms with E-state index in [1.54, 1.807) is 0 Å². The Bertz CT molecular complexity index is 499. The summed E-state index contributed by atoms with van der Waals surface area (Å²) < 4.78 is 0. The highest BCUT2D eigenvalue weighted by Gasteiger charge is 2.10. The Hall–Kier alpha value is -1.51. The molecule has 0 aliphatic rings. The fourth-order valence-electron chi connectivity index (χ4n) is 3.59. The van der Waals surface area contributed by atoms with Gasteiger partial charge in [-0.1, -0.05) is 90.2 Å². The van der Waals surface area contributed by atoms with E-state index >= 15 is 0 Å². The van der Waals surface area contributed by atoms with Crippen LogP contribution in [0.2, 0.25) is 0 Å². The van der Waals surface area contributed by atoms with Crippen LogP contribution in [0.15, 0.2) is 18.2 Å². The predicted octanol–water partition coefficient (Wildman–Crippen LogP) is 6.98. The van der Waals surface area contributed by atoms with Crippen molar-refractivity contribution in [3.05, 3.63) is 29.3 Å². The van der Waals surface area contributed by atoms with Gasteiger partial charge in [0.15, 0.2) is 0 Å². The molecule has 0 radical (unpaired) electrons. The average Bonchev–Trinajstić information content (AvgIpc) is 2.62. The minimum atomic E-state index is -0.467. The maximum Gasteiger partial charge on any atom is 0.316 e. The van der Waals surface area contributed by atoms with E-state index in [-0.39, 0.29) is 0 Å². The molecule has 2 amide bonds. The van der Waals surface area contributed by atoms with Gasteiger partial charge in [0.25, 0.3) is 0 Å². The van der Waals surface area contributed by atoms with Crippen LogP contribution >= 0.6 is 0 Å². The van der Waals surface area contributed by atoms with Crippen LogP contribution in [0.3, 0.4) is 0 Å². The molecule has 1 aromatic rings. The lowest BCUT2D eigenvalue weighted by molar-refractivity contribution is 0.259. The molecule has 0 atom stereocenters. The third-order valence-electron chi connectivity index (χ3n) is 5.11. The van der Waals surface area contributed by atoms with Gasteiger partial charge in [-0.2, -0.15) is 0 Å². The molecule has 1 rings (SSSR count). The quantitative estimate of drug-likeness (QED) is 0.326. The molecule has 0 unspecified atom stereocenters. The summed E-state index contributed by atoms with van der Waals surface area (Å²) in [5.74, 6) is 0. The first-order valence-corrected chi connectivity index (χ1v) is 10.9. The van der Waals surface area contributed by atoms with E-state index in [0.29, 0.717) is 0 Å². The molecule has 0 aromatic heterocycles. The smallest absolute Gasteiger partial charge is 0.316 e. The summed E-state index contributed by atoms with van der Waals surface area (Å²) in [6.07, 6.45) is 17.7.